The quantitative estimate of drug-likeness (QED) is 0.692. The van der Waals surface area contributed by atoms with Crippen LogP contribution in [0, 0.1) is 0 Å². The van der Waals surface area contributed by atoms with Crippen LogP contribution in [0.3, 0.4) is 0 Å². The number of ether oxygens (including phenoxy) is 1. The molecule has 1 fully saturated rings. The van der Waals surface area contributed by atoms with Crippen molar-refractivity contribution >= 4 is 17.4 Å². The number of hydrogen-bond acceptors (Lipinski definition) is 4. The van der Waals surface area contributed by atoms with E-state index in [0.29, 0.717) is 43.2 Å². The van der Waals surface area contributed by atoms with Gasteiger partial charge in [-0.2, -0.15) is 13.2 Å². The largest absolute Gasteiger partial charge is 0.492 e. The highest BCUT2D eigenvalue weighted by Crippen LogP contribution is 2.30. The van der Waals surface area contributed by atoms with Crippen molar-refractivity contribution < 1.29 is 22.7 Å². The normalized spacial score (nSPS) is 14.8. The van der Waals surface area contributed by atoms with E-state index in [2.05, 4.69) is 10.2 Å². The number of nitrogens with one attached hydrogen (secondary N) is 1. The first kappa shape index (κ1) is 22.6. The van der Waals surface area contributed by atoms with Gasteiger partial charge in [0.05, 0.1) is 17.9 Å². The van der Waals surface area contributed by atoms with E-state index in [1.165, 1.54) is 6.07 Å². The molecule has 1 saturated heterocycles. The first-order chi connectivity index (χ1) is 14.8. The van der Waals surface area contributed by atoms with Crippen molar-refractivity contribution in [3.8, 4) is 5.75 Å². The lowest BCUT2D eigenvalue weighted by atomic mass is 10.1. The Bertz CT molecular complexity index is 905. The Balaban J connectivity index is 1.57. The van der Waals surface area contributed by atoms with Crippen LogP contribution in [-0.2, 0) is 12.7 Å². The zero-order valence-electron chi connectivity index (χ0n) is 17.4. The van der Waals surface area contributed by atoms with Crippen molar-refractivity contribution in [1.82, 2.24) is 10.2 Å². The molecule has 1 aliphatic heterocycles. The molecular weight excluding hydrogens is 409 g/mol. The minimum absolute atomic E-state index is 0.0403. The molecule has 3 N–H and O–H groups in total. The number of nitrogens with two attached hydrogens (primary N) is 1. The molecule has 0 spiro atoms. The number of carbonyl (C=O) groups excluding carboxylic acids is 1. The van der Waals surface area contributed by atoms with Gasteiger partial charge in [0, 0.05) is 44.5 Å². The van der Waals surface area contributed by atoms with Crippen LogP contribution in [0.4, 0.5) is 29.3 Å². The predicted octanol–water partition coefficient (Wildman–Crippen LogP) is 4.11. The maximum absolute atomic E-state index is 12.9. The number of carbonyl (C=O) groups is 1. The van der Waals surface area contributed by atoms with E-state index in [-0.39, 0.29) is 12.6 Å². The maximum atomic E-state index is 12.9. The molecule has 0 radical (unpaired) electrons. The molecule has 0 saturated carbocycles. The van der Waals surface area contributed by atoms with Crippen LogP contribution in [0.5, 0.6) is 5.75 Å². The first-order valence-corrected chi connectivity index (χ1v) is 10.2. The number of rotatable bonds is 5. The van der Waals surface area contributed by atoms with Crippen LogP contribution >= 0.6 is 0 Å². The van der Waals surface area contributed by atoms with Crippen LogP contribution in [0.15, 0.2) is 42.5 Å². The average Bonchev–Trinajstić information content (AvgIpc) is 3.00. The Labute approximate surface area is 179 Å². The van der Waals surface area contributed by atoms with Gasteiger partial charge in [-0.25, -0.2) is 4.79 Å². The number of anilines is 2. The van der Waals surface area contributed by atoms with Crippen LogP contribution in [0.2, 0.25) is 0 Å². The van der Waals surface area contributed by atoms with Gasteiger partial charge in [-0.15, -0.1) is 0 Å². The van der Waals surface area contributed by atoms with Gasteiger partial charge in [0.2, 0.25) is 0 Å². The molecule has 2 aromatic carbocycles. The second kappa shape index (κ2) is 9.80. The van der Waals surface area contributed by atoms with E-state index in [1.54, 1.807) is 11.0 Å². The van der Waals surface area contributed by atoms with Gasteiger partial charge in [0.25, 0.3) is 0 Å². The monoisotopic (exact) mass is 436 g/mol. The molecule has 31 heavy (non-hydrogen) atoms. The number of benzene rings is 2. The van der Waals surface area contributed by atoms with Crippen LogP contribution in [-0.4, -0.2) is 43.7 Å². The molecule has 3 rings (SSSR count). The first-order valence-electron chi connectivity index (χ1n) is 10.2. The third-order valence-electron chi connectivity index (χ3n) is 5.14. The molecule has 6 nitrogen and oxygen atoms in total. The Morgan fingerprint density at radius 3 is 2.68 bits per heavy atom. The third kappa shape index (κ3) is 5.96. The summed E-state index contributed by atoms with van der Waals surface area (Å²) in [6.07, 6.45) is -3.64. The summed E-state index contributed by atoms with van der Waals surface area (Å²) < 4.78 is 44.1. The Morgan fingerprint density at radius 2 is 1.94 bits per heavy atom. The standard InChI is InChI=1S/C22H27F3N4O2/c1-2-31-20-14-18(7-8-19(20)26)28-9-4-10-29(12-11-28)21(30)27-15-16-5-3-6-17(13-16)22(23,24)25/h3,5-8,13-14H,2,4,9-12,15,26H2,1H3,(H,27,30). The SMILES string of the molecule is CCOc1cc(N2CCCN(C(=O)NCc3cccc(C(F)(F)F)c3)CC2)ccc1N. The average molecular weight is 436 g/mol. The van der Waals surface area contributed by atoms with Crippen molar-refractivity contribution in [2.75, 3.05) is 43.4 Å². The van der Waals surface area contributed by atoms with Gasteiger partial charge < -0.3 is 25.6 Å². The smallest absolute Gasteiger partial charge is 0.416 e. The molecule has 0 aromatic heterocycles. The molecule has 0 unspecified atom stereocenters. The van der Waals surface area contributed by atoms with Gasteiger partial charge in [0.1, 0.15) is 5.75 Å². The van der Waals surface area contributed by atoms with E-state index in [0.717, 1.165) is 30.8 Å². The van der Waals surface area contributed by atoms with E-state index >= 15 is 0 Å². The Kier molecular flexibility index (Phi) is 7.14. The number of urea groups is 1. The molecular formula is C22H27F3N4O2. The summed E-state index contributed by atoms with van der Waals surface area (Å²) in [5, 5.41) is 2.73. The Hall–Kier alpha value is -3.10. The lowest BCUT2D eigenvalue weighted by Gasteiger charge is -2.24. The van der Waals surface area contributed by atoms with Gasteiger partial charge in [-0.1, -0.05) is 12.1 Å². The zero-order chi connectivity index (χ0) is 22.4. The molecule has 2 amide bonds. The van der Waals surface area contributed by atoms with Crippen LogP contribution in [0.1, 0.15) is 24.5 Å². The second-order valence-corrected chi connectivity index (χ2v) is 7.34. The molecule has 168 valence electrons. The Morgan fingerprint density at radius 1 is 1.13 bits per heavy atom. The van der Waals surface area contributed by atoms with Crippen molar-refractivity contribution in [2.45, 2.75) is 26.1 Å². The highest BCUT2D eigenvalue weighted by Gasteiger charge is 2.30. The molecule has 0 atom stereocenters. The van der Waals surface area contributed by atoms with E-state index < -0.39 is 11.7 Å². The summed E-state index contributed by atoms with van der Waals surface area (Å²) in [6, 6.07) is 10.3. The van der Waals surface area contributed by atoms with Crippen LogP contribution in [0.25, 0.3) is 0 Å². The summed E-state index contributed by atoms with van der Waals surface area (Å²) in [5.74, 6) is 0.639. The number of halogens is 3. The molecule has 1 heterocycles. The van der Waals surface area contributed by atoms with Gasteiger partial charge in [-0.05, 0) is 43.2 Å². The number of hydrogen-bond donors (Lipinski definition) is 2. The minimum Gasteiger partial charge on any atom is -0.492 e. The third-order valence-corrected chi connectivity index (χ3v) is 5.14. The molecule has 2 aromatic rings. The summed E-state index contributed by atoms with van der Waals surface area (Å²) in [4.78, 5) is 16.4. The fourth-order valence-electron chi connectivity index (χ4n) is 3.53. The number of alkyl halides is 3. The van der Waals surface area contributed by atoms with Crippen molar-refractivity contribution in [1.29, 1.82) is 0 Å². The van der Waals surface area contributed by atoms with E-state index in [1.807, 2.05) is 25.1 Å². The maximum Gasteiger partial charge on any atom is 0.416 e. The fourth-order valence-corrected chi connectivity index (χ4v) is 3.53. The van der Waals surface area contributed by atoms with Crippen molar-refractivity contribution in [2.24, 2.45) is 0 Å². The minimum atomic E-state index is -4.40. The molecule has 1 aliphatic rings. The topological polar surface area (TPSA) is 70.8 Å². The van der Waals surface area contributed by atoms with E-state index in [4.69, 9.17) is 10.5 Å². The lowest BCUT2D eigenvalue weighted by molar-refractivity contribution is -0.137. The summed E-state index contributed by atoms with van der Waals surface area (Å²) in [5.41, 5.74) is 7.19. The second-order valence-electron chi connectivity index (χ2n) is 7.34. The predicted molar refractivity (Wildman–Crippen MR) is 114 cm³/mol. The van der Waals surface area contributed by atoms with Gasteiger partial charge >= 0.3 is 12.2 Å². The summed E-state index contributed by atoms with van der Waals surface area (Å²) in [7, 11) is 0. The van der Waals surface area contributed by atoms with E-state index in [9.17, 15) is 18.0 Å². The molecule has 9 heteroatoms. The summed E-state index contributed by atoms with van der Waals surface area (Å²) >= 11 is 0. The lowest BCUT2D eigenvalue weighted by Crippen LogP contribution is -2.41. The highest BCUT2D eigenvalue weighted by atomic mass is 19.4. The van der Waals surface area contributed by atoms with Gasteiger partial charge in [0.15, 0.2) is 0 Å². The van der Waals surface area contributed by atoms with Crippen molar-refractivity contribution in [3.05, 3.63) is 53.6 Å². The summed E-state index contributed by atoms with van der Waals surface area (Å²) in [6.45, 7) is 4.93. The van der Waals surface area contributed by atoms with Gasteiger partial charge in [-0.3, -0.25) is 0 Å². The molecule has 0 bridgehead atoms. The van der Waals surface area contributed by atoms with Crippen LogP contribution < -0.4 is 20.7 Å². The van der Waals surface area contributed by atoms with Crippen molar-refractivity contribution in [3.63, 3.8) is 0 Å². The molecule has 0 aliphatic carbocycles. The number of nitrogens with zero attached hydrogens (tertiary/aromatic N) is 2. The number of nitrogen functional groups attached to an aromatic ring is 1. The zero-order valence-corrected chi connectivity index (χ0v) is 17.4. The number of amides is 2. The highest BCUT2D eigenvalue weighted by molar-refractivity contribution is 5.74. The fraction of sp³-hybridized carbons (Fsp3) is 0.409.